The number of halogens is 1. The lowest BCUT2D eigenvalue weighted by Gasteiger charge is -2.18. The van der Waals surface area contributed by atoms with Crippen LogP contribution in [-0.4, -0.2) is 15.7 Å². The highest BCUT2D eigenvalue weighted by Gasteiger charge is 2.21. The molecule has 1 amide bonds. The molecule has 0 saturated heterocycles. The van der Waals surface area contributed by atoms with E-state index in [9.17, 15) is 9.59 Å². The molecule has 7 heteroatoms. The molecule has 0 saturated carbocycles. The lowest BCUT2D eigenvalue weighted by molar-refractivity contribution is 0.0996. The van der Waals surface area contributed by atoms with Gasteiger partial charge in [0.25, 0.3) is 5.91 Å². The molecule has 0 aliphatic heterocycles. The van der Waals surface area contributed by atoms with E-state index in [1.54, 1.807) is 43.3 Å². The third-order valence-corrected chi connectivity index (χ3v) is 4.86. The number of nitrogens with one attached hydrogen (secondary N) is 1. The molecule has 0 aliphatic carbocycles. The zero-order valence-corrected chi connectivity index (χ0v) is 17.1. The SMILES string of the molecule is Cc1ccc(-c2c(NC(=O)c3ccco3)n(-c3cccc(Cl)c3)nc(C)c2=O)cc1. The molecular weight excluding hydrogens is 402 g/mol. The highest BCUT2D eigenvalue weighted by molar-refractivity contribution is 6.30. The van der Waals surface area contributed by atoms with Crippen LogP contribution in [-0.2, 0) is 0 Å². The van der Waals surface area contributed by atoms with Gasteiger partial charge in [-0.25, -0.2) is 4.68 Å². The Balaban J connectivity index is 1.99. The third kappa shape index (κ3) is 3.77. The van der Waals surface area contributed by atoms with Crippen molar-refractivity contribution in [1.82, 2.24) is 9.78 Å². The van der Waals surface area contributed by atoms with Crippen molar-refractivity contribution in [2.24, 2.45) is 0 Å². The fraction of sp³-hybridized carbons (Fsp3) is 0.0870. The van der Waals surface area contributed by atoms with Crippen LogP contribution in [0.4, 0.5) is 5.82 Å². The Kier molecular flexibility index (Phi) is 5.25. The van der Waals surface area contributed by atoms with Crippen LogP contribution in [0.1, 0.15) is 21.8 Å². The second kappa shape index (κ2) is 8.00. The van der Waals surface area contributed by atoms with Gasteiger partial charge >= 0.3 is 0 Å². The van der Waals surface area contributed by atoms with Gasteiger partial charge in [0.2, 0.25) is 5.43 Å². The second-order valence-electron chi connectivity index (χ2n) is 6.83. The van der Waals surface area contributed by atoms with Crippen molar-refractivity contribution in [3.05, 3.63) is 99.2 Å². The fourth-order valence-corrected chi connectivity index (χ4v) is 3.30. The first-order valence-corrected chi connectivity index (χ1v) is 9.63. The van der Waals surface area contributed by atoms with Crippen LogP contribution in [0.5, 0.6) is 0 Å². The molecule has 0 bridgehead atoms. The van der Waals surface area contributed by atoms with E-state index in [0.717, 1.165) is 5.56 Å². The number of carbonyl (C=O) groups is 1. The maximum atomic E-state index is 13.1. The Morgan fingerprint density at radius 1 is 1.07 bits per heavy atom. The first-order valence-electron chi connectivity index (χ1n) is 9.26. The zero-order chi connectivity index (χ0) is 21.3. The van der Waals surface area contributed by atoms with Crippen LogP contribution in [0, 0.1) is 13.8 Å². The lowest BCUT2D eigenvalue weighted by Crippen LogP contribution is -2.24. The van der Waals surface area contributed by atoms with Gasteiger partial charge in [0, 0.05) is 5.02 Å². The second-order valence-corrected chi connectivity index (χ2v) is 7.26. The largest absolute Gasteiger partial charge is 0.459 e. The van der Waals surface area contributed by atoms with E-state index < -0.39 is 5.91 Å². The summed E-state index contributed by atoms with van der Waals surface area (Å²) in [5, 5.41) is 7.73. The number of amides is 1. The maximum Gasteiger partial charge on any atom is 0.292 e. The van der Waals surface area contributed by atoms with Gasteiger partial charge in [-0.1, -0.05) is 47.5 Å². The maximum absolute atomic E-state index is 13.1. The summed E-state index contributed by atoms with van der Waals surface area (Å²) in [4.78, 5) is 25.9. The summed E-state index contributed by atoms with van der Waals surface area (Å²) in [6.45, 7) is 3.60. The molecule has 0 spiro atoms. The van der Waals surface area contributed by atoms with E-state index >= 15 is 0 Å². The number of aromatic nitrogens is 2. The van der Waals surface area contributed by atoms with Crippen molar-refractivity contribution in [1.29, 1.82) is 0 Å². The standard InChI is InChI=1S/C23H18ClN3O3/c1-14-8-10-16(11-9-14)20-21(28)15(2)26-27(18-6-3-5-17(24)13-18)22(20)25-23(29)19-7-4-12-30-19/h3-13H,1-2H3,(H,25,29). The Labute approximate surface area is 177 Å². The number of anilines is 1. The molecule has 0 fully saturated rings. The normalized spacial score (nSPS) is 10.8. The Bertz CT molecular complexity index is 1280. The Morgan fingerprint density at radius 3 is 2.50 bits per heavy atom. The number of rotatable bonds is 4. The van der Waals surface area contributed by atoms with Gasteiger partial charge < -0.3 is 9.73 Å². The molecule has 1 N–H and O–H groups in total. The van der Waals surface area contributed by atoms with Gasteiger partial charge in [-0.05, 0) is 49.7 Å². The quantitative estimate of drug-likeness (QED) is 0.504. The van der Waals surface area contributed by atoms with E-state index in [1.165, 1.54) is 10.9 Å². The van der Waals surface area contributed by atoms with Crippen LogP contribution in [0.25, 0.3) is 16.8 Å². The number of aryl methyl sites for hydroxylation is 2. The molecule has 4 aromatic rings. The summed E-state index contributed by atoms with van der Waals surface area (Å²) in [6, 6.07) is 17.7. The van der Waals surface area contributed by atoms with Crippen molar-refractivity contribution < 1.29 is 9.21 Å². The first kappa shape index (κ1) is 19.7. The van der Waals surface area contributed by atoms with Gasteiger partial charge in [0.05, 0.1) is 17.5 Å². The van der Waals surface area contributed by atoms with E-state index in [2.05, 4.69) is 10.4 Å². The minimum Gasteiger partial charge on any atom is -0.459 e. The predicted octanol–water partition coefficient (Wildman–Crippen LogP) is 5.02. The summed E-state index contributed by atoms with van der Waals surface area (Å²) in [6.07, 6.45) is 1.41. The smallest absolute Gasteiger partial charge is 0.292 e. The molecular formula is C23H18ClN3O3. The van der Waals surface area contributed by atoms with Gasteiger partial charge in [-0.3, -0.25) is 9.59 Å². The van der Waals surface area contributed by atoms with Crippen LogP contribution in [0.2, 0.25) is 5.02 Å². The van der Waals surface area contributed by atoms with Crippen molar-refractivity contribution in [3.63, 3.8) is 0 Å². The average molecular weight is 420 g/mol. The monoisotopic (exact) mass is 419 g/mol. The molecule has 0 radical (unpaired) electrons. The molecule has 0 aliphatic rings. The summed E-state index contributed by atoms with van der Waals surface area (Å²) in [5.41, 5.74) is 2.69. The summed E-state index contributed by atoms with van der Waals surface area (Å²) in [7, 11) is 0. The third-order valence-electron chi connectivity index (χ3n) is 4.62. The van der Waals surface area contributed by atoms with Gasteiger partial charge in [-0.15, -0.1) is 0 Å². The number of benzene rings is 2. The number of hydrogen-bond donors (Lipinski definition) is 1. The Morgan fingerprint density at radius 2 is 1.83 bits per heavy atom. The lowest BCUT2D eigenvalue weighted by atomic mass is 10.0. The van der Waals surface area contributed by atoms with E-state index in [-0.39, 0.29) is 17.0 Å². The summed E-state index contributed by atoms with van der Waals surface area (Å²) >= 11 is 6.17. The Hall–Kier alpha value is -3.64. The minimum absolute atomic E-state index is 0.121. The molecule has 6 nitrogen and oxygen atoms in total. The molecule has 2 aromatic heterocycles. The van der Waals surface area contributed by atoms with Crippen molar-refractivity contribution in [2.45, 2.75) is 13.8 Å². The number of hydrogen-bond acceptors (Lipinski definition) is 4. The van der Waals surface area contributed by atoms with Crippen LogP contribution < -0.4 is 10.7 Å². The van der Waals surface area contributed by atoms with Crippen LogP contribution in [0.3, 0.4) is 0 Å². The molecule has 2 heterocycles. The van der Waals surface area contributed by atoms with Gasteiger partial charge in [-0.2, -0.15) is 5.10 Å². The van der Waals surface area contributed by atoms with Crippen molar-refractivity contribution >= 4 is 23.3 Å². The molecule has 0 atom stereocenters. The summed E-state index contributed by atoms with van der Waals surface area (Å²) in [5.74, 6) is -0.136. The van der Waals surface area contributed by atoms with Crippen molar-refractivity contribution in [2.75, 3.05) is 5.32 Å². The zero-order valence-electron chi connectivity index (χ0n) is 16.3. The molecule has 2 aromatic carbocycles. The fourth-order valence-electron chi connectivity index (χ4n) is 3.11. The van der Waals surface area contributed by atoms with Crippen LogP contribution in [0.15, 0.2) is 76.1 Å². The molecule has 150 valence electrons. The highest BCUT2D eigenvalue weighted by Crippen LogP contribution is 2.28. The average Bonchev–Trinajstić information content (AvgIpc) is 3.27. The van der Waals surface area contributed by atoms with E-state index in [4.69, 9.17) is 16.0 Å². The molecule has 0 unspecified atom stereocenters. The first-order chi connectivity index (χ1) is 14.4. The highest BCUT2D eigenvalue weighted by atomic mass is 35.5. The molecule has 4 rings (SSSR count). The van der Waals surface area contributed by atoms with Gasteiger partial charge in [0.15, 0.2) is 5.76 Å². The number of carbonyl (C=O) groups excluding carboxylic acids is 1. The van der Waals surface area contributed by atoms with Crippen molar-refractivity contribution in [3.8, 4) is 16.8 Å². The van der Waals surface area contributed by atoms with Crippen LogP contribution >= 0.6 is 11.6 Å². The topological polar surface area (TPSA) is 77.1 Å². The molecule has 30 heavy (non-hydrogen) atoms. The van der Waals surface area contributed by atoms with E-state index in [1.807, 2.05) is 31.2 Å². The summed E-state index contributed by atoms with van der Waals surface area (Å²) < 4.78 is 6.72. The number of nitrogens with zero attached hydrogens (tertiary/aromatic N) is 2. The van der Waals surface area contributed by atoms with E-state index in [0.29, 0.717) is 27.5 Å². The minimum atomic E-state index is -0.491. The predicted molar refractivity (Wildman–Crippen MR) is 116 cm³/mol. The van der Waals surface area contributed by atoms with Gasteiger partial charge in [0.1, 0.15) is 11.5 Å². The number of furan rings is 1.